The maximum atomic E-state index is 13.3. The van der Waals surface area contributed by atoms with Crippen molar-refractivity contribution in [2.75, 3.05) is 26.3 Å². The standard InChI is InChI=1S/C11H13F2NO/c12-10-2-1-3-11(13)9(10)8-14-4-6-15-7-5-14/h1-3H,4-8H2. The smallest absolute Gasteiger partial charge is 0.130 e. The maximum Gasteiger partial charge on any atom is 0.130 e. The minimum absolute atomic E-state index is 0.152. The molecule has 82 valence electrons. The molecule has 15 heavy (non-hydrogen) atoms. The quantitative estimate of drug-likeness (QED) is 0.742. The minimum Gasteiger partial charge on any atom is -0.379 e. The van der Waals surface area contributed by atoms with Crippen molar-refractivity contribution in [2.45, 2.75) is 6.54 Å². The molecule has 0 saturated carbocycles. The molecule has 1 aliphatic heterocycles. The van der Waals surface area contributed by atoms with Gasteiger partial charge in [-0.05, 0) is 12.1 Å². The lowest BCUT2D eigenvalue weighted by Crippen LogP contribution is -2.36. The largest absolute Gasteiger partial charge is 0.379 e. The first-order valence-corrected chi connectivity index (χ1v) is 5.00. The van der Waals surface area contributed by atoms with E-state index in [1.807, 2.05) is 4.90 Å². The summed E-state index contributed by atoms with van der Waals surface area (Å²) >= 11 is 0. The normalized spacial score (nSPS) is 18.0. The number of rotatable bonds is 2. The molecule has 0 radical (unpaired) electrons. The first kappa shape index (κ1) is 10.5. The fraction of sp³-hybridized carbons (Fsp3) is 0.455. The summed E-state index contributed by atoms with van der Waals surface area (Å²) in [6.45, 7) is 3.05. The summed E-state index contributed by atoms with van der Waals surface area (Å²) in [5, 5.41) is 0. The molecule has 4 heteroatoms. The molecule has 2 nitrogen and oxygen atoms in total. The fourth-order valence-electron chi connectivity index (χ4n) is 1.67. The lowest BCUT2D eigenvalue weighted by Gasteiger charge is -2.26. The summed E-state index contributed by atoms with van der Waals surface area (Å²) in [6.07, 6.45) is 0. The zero-order chi connectivity index (χ0) is 10.7. The van der Waals surface area contributed by atoms with Crippen LogP contribution in [0.5, 0.6) is 0 Å². The van der Waals surface area contributed by atoms with Crippen molar-refractivity contribution in [1.82, 2.24) is 4.90 Å². The first-order valence-electron chi connectivity index (χ1n) is 5.00. The Kier molecular flexibility index (Phi) is 3.28. The SMILES string of the molecule is Fc1cccc(F)c1CN1CCOCC1. The lowest BCUT2D eigenvalue weighted by atomic mass is 10.2. The molecule has 0 aliphatic carbocycles. The second-order valence-corrected chi connectivity index (χ2v) is 3.59. The van der Waals surface area contributed by atoms with E-state index < -0.39 is 11.6 Å². The van der Waals surface area contributed by atoms with Crippen LogP contribution < -0.4 is 0 Å². The van der Waals surface area contributed by atoms with Gasteiger partial charge in [0.05, 0.1) is 13.2 Å². The van der Waals surface area contributed by atoms with Gasteiger partial charge in [0.15, 0.2) is 0 Å². The van der Waals surface area contributed by atoms with Gasteiger partial charge < -0.3 is 4.74 Å². The second-order valence-electron chi connectivity index (χ2n) is 3.59. The van der Waals surface area contributed by atoms with Gasteiger partial charge in [-0.2, -0.15) is 0 Å². The molecule has 0 unspecified atom stereocenters. The van der Waals surface area contributed by atoms with Crippen molar-refractivity contribution >= 4 is 0 Å². The zero-order valence-electron chi connectivity index (χ0n) is 8.38. The van der Waals surface area contributed by atoms with Crippen LogP contribution in [0.15, 0.2) is 18.2 Å². The van der Waals surface area contributed by atoms with Gasteiger partial charge in [-0.25, -0.2) is 8.78 Å². The molecule has 2 rings (SSSR count). The van der Waals surface area contributed by atoms with Crippen LogP contribution >= 0.6 is 0 Å². The minimum atomic E-state index is -0.471. The van der Waals surface area contributed by atoms with Gasteiger partial charge in [0.1, 0.15) is 11.6 Å². The van der Waals surface area contributed by atoms with Crippen LogP contribution in [0.3, 0.4) is 0 Å². The molecular weight excluding hydrogens is 200 g/mol. The van der Waals surface area contributed by atoms with E-state index in [0.29, 0.717) is 19.8 Å². The van der Waals surface area contributed by atoms with Crippen LogP contribution in [0.2, 0.25) is 0 Å². The molecule has 0 spiro atoms. The summed E-state index contributed by atoms with van der Waals surface area (Å²) in [4.78, 5) is 1.99. The molecule has 1 aliphatic rings. The summed E-state index contributed by atoms with van der Waals surface area (Å²) in [6, 6.07) is 3.96. The monoisotopic (exact) mass is 213 g/mol. The van der Waals surface area contributed by atoms with Crippen LogP contribution in [-0.4, -0.2) is 31.2 Å². The number of nitrogens with zero attached hydrogens (tertiary/aromatic N) is 1. The van der Waals surface area contributed by atoms with Crippen LogP contribution in [0, 0.1) is 11.6 Å². The van der Waals surface area contributed by atoms with E-state index in [0.717, 1.165) is 13.1 Å². The highest BCUT2D eigenvalue weighted by atomic mass is 19.1. The third-order valence-corrected chi connectivity index (χ3v) is 2.55. The summed E-state index contributed by atoms with van der Waals surface area (Å²) in [5.74, 6) is -0.942. The van der Waals surface area contributed by atoms with E-state index in [1.54, 1.807) is 0 Å². The Hall–Kier alpha value is -1.00. The molecule has 0 bridgehead atoms. The average Bonchev–Trinajstić information content (AvgIpc) is 2.25. The highest BCUT2D eigenvalue weighted by Gasteiger charge is 2.15. The third-order valence-electron chi connectivity index (χ3n) is 2.55. The van der Waals surface area contributed by atoms with Crippen molar-refractivity contribution in [2.24, 2.45) is 0 Å². The topological polar surface area (TPSA) is 12.5 Å². The van der Waals surface area contributed by atoms with Crippen LogP contribution in [0.4, 0.5) is 8.78 Å². The van der Waals surface area contributed by atoms with E-state index in [-0.39, 0.29) is 5.56 Å². The van der Waals surface area contributed by atoms with Crippen LogP contribution in [-0.2, 0) is 11.3 Å². The molecular formula is C11H13F2NO. The predicted molar refractivity (Wildman–Crippen MR) is 52.5 cm³/mol. The third kappa shape index (κ3) is 2.52. The number of benzene rings is 1. The number of hydrogen-bond donors (Lipinski definition) is 0. The number of halogens is 2. The average molecular weight is 213 g/mol. The van der Waals surface area contributed by atoms with Crippen LogP contribution in [0.25, 0.3) is 0 Å². The molecule has 1 fully saturated rings. The highest BCUT2D eigenvalue weighted by Crippen LogP contribution is 2.15. The van der Waals surface area contributed by atoms with Gasteiger partial charge in [-0.1, -0.05) is 6.07 Å². The van der Waals surface area contributed by atoms with Crippen molar-refractivity contribution in [3.8, 4) is 0 Å². The molecule has 1 aromatic rings. The Bertz CT molecular complexity index is 317. The second kappa shape index (κ2) is 4.68. The fourth-order valence-corrected chi connectivity index (χ4v) is 1.67. The van der Waals surface area contributed by atoms with Crippen molar-refractivity contribution in [1.29, 1.82) is 0 Å². The lowest BCUT2D eigenvalue weighted by molar-refractivity contribution is 0.0332. The van der Waals surface area contributed by atoms with Gasteiger partial charge >= 0.3 is 0 Å². The summed E-state index contributed by atoms with van der Waals surface area (Å²) in [7, 11) is 0. The Balaban J connectivity index is 2.09. The summed E-state index contributed by atoms with van der Waals surface area (Å²) < 4.78 is 31.8. The van der Waals surface area contributed by atoms with Gasteiger partial charge in [-0.15, -0.1) is 0 Å². The van der Waals surface area contributed by atoms with Crippen molar-refractivity contribution < 1.29 is 13.5 Å². The molecule has 1 saturated heterocycles. The molecule has 0 N–H and O–H groups in total. The Morgan fingerprint density at radius 3 is 2.33 bits per heavy atom. The zero-order valence-corrected chi connectivity index (χ0v) is 8.38. The van der Waals surface area contributed by atoms with Crippen LogP contribution in [0.1, 0.15) is 5.56 Å². The van der Waals surface area contributed by atoms with Gasteiger partial charge in [0.25, 0.3) is 0 Å². The Labute approximate surface area is 87.5 Å². The number of hydrogen-bond acceptors (Lipinski definition) is 2. The number of morpholine rings is 1. The first-order chi connectivity index (χ1) is 7.27. The van der Waals surface area contributed by atoms with Gasteiger partial charge in [0.2, 0.25) is 0 Å². The Morgan fingerprint density at radius 1 is 1.13 bits per heavy atom. The van der Waals surface area contributed by atoms with E-state index in [2.05, 4.69) is 0 Å². The maximum absolute atomic E-state index is 13.3. The number of ether oxygens (including phenoxy) is 1. The van der Waals surface area contributed by atoms with E-state index >= 15 is 0 Å². The summed E-state index contributed by atoms with van der Waals surface area (Å²) in [5.41, 5.74) is 0.152. The van der Waals surface area contributed by atoms with E-state index in [1.165, 1.54) is 18.2 Å². The molecule has 0 aromatic heterocycles. The van der Waals surface area contributed by atoms with Crippen molar-refractivity contribution in [3.63, 3.8) is 0 Å². The molecule has 1 heterocycles. The molecule has 0 atom stereocenters. The predicted octanol–water partition coefficient (Wildman–Crippen LogP) is 1.80. The molecule has 0 amide bonds. The highest BCUT2D eigenvalue weighted by molar-refractivity contribution is 5.19. The van der Waals surface area contributed by atoms with Gasteiger partial charge in [0, 0.05) is 25.2 Å². The van der Waals surface area contributed by atoms with Crippen molar-refractivity contribution in [3.05, 3.63) is 35.4 Å². The van der Waals surface area contributed by atoms with E-state index in [4.69, 9.17) is 4.74 Å². The molecule has 1 aromatic carbocycles. The Morgan fingerprint density at radius 2 is 1.73 bits per heavy atom. The van der Waals surface area contributed by atoms with E-state index in [9.17, 15) is 8.78 Å². The van der Waals surface area contributed by atoms with Gasteiger partial charge in [-0.3, -0.25) is 4.90 Å².